The smallest absolute Gasteiger partial charge is 0.258 e. The number of rotatable bonds is 5. The summed E-state index contributed by atoms with van der Waals surface area (Å²) in [5.41, 5.74) is 0. The van der Waals surface area contributed by atoms with Gasteiger partial charge in [0, 0.05) is 4.88 Å². The first kappa shape index (κ1) is 14.8. The molecular weight excluding hydrogens is 301 g/mol. The van der Waals surface area contributed by atoms with Crippen molar-refractivity contribution in [1.29, 1.82) is 0 Å². The van der Waals surface area contributed by atoms with Gasteiger partial charge in [-0.05, 0) is 36.6 Å². The van der Waals surface area contributed by atoms with Crippen LogP contribution in [-0.4, -0.2) is 12.5 Å². The van der Waals surface area contributed by atoms with E-state index in [1.807, 2.05) is 24.4 Å². The molecule has 1 N–H and O–H groups in total. The molecule has 3 nitrogen and oxygen atoms in total. The third-order valence-electron chi connectivity index (χ3n) is 2.60. The van der Waals surface area contributed by atoms with Gasteiger partial charge in [-0.3, -0.25) is 4.79 Å². The van der Waals surface area contributed by atoms with Crippen molar-refractivity contribution in [1.82, 2.24) is 5.32 Å². The highest BCUT2D eigenvalue weighted by atomic mass is 35.5. The number of hydrogen-bond acceptors (Lipinski definition) is 3. The minimum absolute atomic E-state index is 0.0743. The number of benzene rings is 1. The molecule has 2 rings (SSSR count). The van der Waals surface area contributed by atoms with Crippen LogP contribution in [0.25, 0.3) is 0 Å². The second-order valence-corrected chi connectivity index (χ2v) is 5.55. The number of thiophene rings is 1. The first-order chi connectivity index (χ1) is 9.56. The zero-order valence-electron chi connectivity index (χ0n) is 10.7. The SMILES string of the molecule is C[C@H](NC(=O)COc1ccc(F)cc1Cl)c1cccs1. The van der Waals surface area contributed by atoms with Crippen LogP contribution in [0.5, 0.6) is 5.75 Å². The van der Waals surface area contributed by atoms with E-state index >= 15 is 0 Å². The van der Waals surface area contributed by atoms with Gasteiger partial charge in [0.05, 0.1) is 11.1 Å². The first-order valence-electron chi connectivity index (χ1n) is 5.97. The van der Waals surface area contributed by atoms with Gasteiger partial charge >= 0.3 is 0 Å². The van der Waals surface area contributed by atoms with Crippen molar-refractivity contribution in [2.45, 2.75) is 13.0 Å². The average molecular weight is 314 g/mol. The molecule has 0 bridgehead atoms. The number of carbonyl (C=O) groups is 1. The van der Waals surface area contributed by atoms with E-state index in [0.717, 1.165) is 10.9 Å². The largest absolute Gasteiger partial charge is 0.482 e. The fraction of sp³-hybridized carbons (Fsp3) is 0.214. The minimum atomic E-state index is -0.446. The Labute approximate surface area is 125 Å². The van der Waals surface area contributed by atoms with Crippen molar-refractivity contribution >= 4 is 28.8 Å². The summed E-state index contributed by atoms with van der Waals surface area (Å²) >= 11 is 7.38. The Hall–Kier alpha value is -1.59. The zero-order chi connectivity index (χ0) is 14.5. The quantitative estimate of drug-likeness (QED) is 0.912. The van der Waals surface area contributed by atoms with Crippen LogP contribution in [0, 0.1) is 5.82 Å². The molecule has 0 unspecified atom stereocenters. The second-order valence-electron chi connectivity index (χ2n) is 4.17. The van der Waals surface area contributed by atoms with Crippen LogP contribution in [0.15, 0.2) is 35.7 Å². The molecule has 0 aliphatic rings. The maximum absolute atomic E-state index is 12.9. The van der Waals surface area contributed by atoms with E-state index in [1.54, 1.807) is 11.3 Å². The predicted molar refractivity (Wildman–Crippen MR) is 77.8 cm³/mol. The minimum Gasteiger partial charge on any atom is -0.482 e. The van der Waals surface area contributed by atoms with E-state index in [9.17, 15) is 9.18 Å². The first-order valence-corrected chi connectivity index (χ1v) is 7.22. The van der Waals surface area contributed by atoms with Crippen LogP contribution in [0.3, 0.4) is 0 Å². The van der Waals surface area contributed by atoms with Crippen molar-refractivity contribution in [3.8, 4) is 5.75 Å². The highest BCUT2D eigenvalue weighted by Crippen LogP contribution is 2.24. The van der Waals surface area contributed by atoms with Crippen molar-refractivity contribution in [3.63, 3.8) is 0 Å². The summed E-state index contributed by atoms with van der Waals surface area (Å²) in [5.74, 6) is -0.420. The van der Waals surface area contributed by atoms with Crippen LogP contribution >= 0.6 is 22.9 Å². The Bertz CT molecular complexity index is 589. The van der Waals surface area contributed by atoms with Gasteiger partial charge in [0.2, 0.25) is 0 Å². The number of amides is 1. The molecule has 1 aromatic heterocycles. The molecule has 20 heavy (non-hydrogen) atoms. The van der Waals surface area contributed by atoms with Gasteiger partial charge in [-0.2, -0.15) is 0 Å². The fourth-order valence-corrected chi connectivity index (χ4v) is 2.58. The Kier molecular flexibility index (Phi) is 4.98. The van der Waals surface area contributed by atoms with Crippen molar-refractivity contribution < 1.29 is 13.9 Å². The molecule has 0 aliphatic heterocycles. The Morgan fingerprint density at radius 2 is 2.30 bits per heavy atom. The van der Waals surface area contributed by atoms with Gasteiger partial charge in [-0.1, -0.05) is 17.7 Å². The van der Waals surface area contributed by atoms with Crippen molar-refractivity contribution in [3.05, 3.63) is 51.4 Å². The number of nitrogens with one attached hydrogen (secondary N) is 1. The summed E-state index contributed by atoms with van der Waals surface area (Å²) in [7, 11) is 0. The van der Waals surface area contributed by atoms with Crippen molar-refractivity contribution in [2.24, 2.45) is 0 Å². The lowest BCUT2D eigenvalue weighted by atomic mass is 10.3. The lowest BCUT2D eigenvalue weighted by Gasteiger charge is -2.13. The molecule has 1 amide bonds. The summed E-state index contributed by atoms with van der Waals surface area (Å²) in [4.78, 5) is 12.8. The molecule has 0 aliphatic carbocycles. The van der Waals surface area contributed by atoms with E-state index in [-0.39, 0.29) is 29.3 Å². The van der Waals surface area contributed by atoms with Crippen molar-refractivity contribution in [2.75, 3.05) is 6.61 Å². The summed E-state index contributed by atoms with van der Waals surface area (Å²) < 4.78 is 18.1. The number of carbonyl (C=O) groups excluding carboxylic acids is 1. The van der Waals surface area contributed by atoms with E-state index < -0.39 is 5.82 Å². The highest BCUT2D eigenvalue weighted by molar-refractivity contribution is 7.10. The van der Waals surface area contributed by atoms with E-state index in [2.05, 4.69) is 5.32 Å². The second kappa shape index (κ2) is 6.72. The molecular formula is C14H13ClFNO2S. The summed E-state index contributed by atoms with van der Waals surface area (Å²) in [5, 5.41) is 4.91. The van der Waals surface area contributed by atoms with E-state index in [1.165, 1.54) is 12.1 Å². The third kappa shape index (κ3) is 3.95. The Morgan fingerprint density at radius 1 is 1.50 bits per heavy atom. The van der Waals surface area contributed by atoms with Crippen LogP contribution < -0.4 is 10.1 Å². The molecule has 0 spiro atoms. The van der Waals surface area contributed by atoms with E-state index in [0.29, 0.717) is 0 Å². The summed E-state index contributed by atoms with van der Waals surface area (Å²) in [6.45, 7) is 1.73. The van der Waals surface area contributed by atoms with Gasteiger partial charge in [0.1, 0.15) is 11.6 Å². The van der Waals surface area contributed by atoms with Crippen LogP contribution in [-0.2, 0) is 4.79 Å². The zero-order valence-corrected chi connectivity index (χ0v) is 12.3. The summed E-state index contributed by atoms with van der Waals surface area (Å²) in [6.07, 6.45) is 0. The molecule has 106 valence electrons. The average Bonchev–Trinajstić information content (AvgIpc) is 2.91. The maximum atomic E-state index is 12.9. The fourth-order valence-electron chi connectivity index (χ4n) is 1.63. The molecule has 0 saturated heterocycles. The number of halogens is 2. The predicted octanol–water partition coefficient (Wildman–Crippen LogP) is 3.80. The molecule has 6 heteroatoms. The Balaban J connectivity index is 1.86. The maximum Gasteiger partial charge on any atom is 0.258 e. The standard InChI is InChI=1S/C14H13ClFNO2S/c1-9(13-3-2-6-20-13)17-14(18)8-19-12-5-4-10(16)7-11(12)15/h2-7,9H,8H2,1H3,(H,17,18)/t9-/m0/s1. The molecule has 1 atom stereocenters. The van der Waals surface area contributed by atoms with Gasteiger partial charge in [0.15, 0.2) is 6.61 Å². The molecule has 0 radical (unpaired) electrons. The molecule has 0 saturated carbocycles. The van der Waals surface area contributed by atoms with Gasteiger partial charge in [-0.25, -0.2) is 4.39 Å². The molecule has 1 heterocycles. The lowest BCUT2D eigenvalue weighted by molar-refractivity contribution is -0.123. The van der Waals surface area contributed by atoms with Crippen LogP contribution in [0.2, 0.25) is 5.02 Å². The normalized spacial score (nSPS) is 11.9. The van der Waals surface area contributed by atoms with Gasteiger partial charge in [0.25, 0.3) is 5.91 Å². The van der Waals surface area contributed by atoms with E-state index in [4.69, 9.17) is 16.3 Å². The Morgan fingerprint density at radius 3 is 2.95 bits per heavy atom. The molecule has 1 aromatic carbocycles. The topological polar surface area (TPSA) is 38.3 Å². The number of hydrogen-bond donors (Lipinski definition) is 1. The lowest BCUT2D eigenvalue weighted by Crippen LogP contribution is -2.30. The highest BCUT2D eigenvalue weighted by Gasteiger charge is 2.11. The van der Waals surface area contributed by atoms with Crippen LogP contribution in [0.4, 0.5) is 4.39 Å². The monoisotopic (exact) mass is 313 g/mol. The third-order valence-corrected chi connectivity index (χ3v) is 3.95. The van der Waals surface area contributed by atoms with Gasteiger partial charge < -0.3 is 10.1 Å². The van der Waals surface area contributed by atoms with Gasteiger partial charge in [-0.15, -0.1) is 11.3 Å². The molecule has 0 fully saturated rings. The molecule has 2 aromatic rings. The van der Waals surface area contributed by atoms with Crippen LogP contribution in [0.1, 0.15) is 17.8 Å². The number of ether oxygens (including phenoxy) is 1. The summed E-state index contributed by atoms with van der Waals surface area (Å²) in [6, 6.07) is 7.57.